The van der Waals surface area contributed by atoms with Crippen LogP contribution < -0.4 is 22.1 Å². The minimum absolute atomic E-state index is 0.0274. The second-order valence-corrected chi connectivity index (χ2v) is 11.9. The Balaban J connectivity index is 1.07. The van der Waals surface area contributed by atoms with Gasteiger partial charge in [-0.2, -0.15) is 5.10 Å². The van der Waals surface area contributed by atoms with Crippen molar-refractivity contribution in [2.75, 3.05) is 12.3 Å². The molecule has 6 rings (SSSR count). The summed E-state index contributed by atoms with van der Waals surface area (Å²) in [5.74, 6) is -0.0869. The van der Waals surface area contributed by atoms with Crippen LogP contribution in [0.1, 0.15) is 36.7 Å². The van der Waals surface area contributed by atoms with E-state index < -0.39 is 30.6 Å². The van der Waals surface area contributed by atoms with E-state index >= 15 is 0 Å². The van der Waals surface area contributed by atoms with Crippen LogP contribution in [0.15, 0.2) is 79.4 Å². The number of aliphatic hydroxyl groups is 2. The number of H-pyrrole nitrogens is 1. The van der Waals surface area contributed by atoms with Gasteiger partial charge in [-0.15, -0.1) is 0 Å². The molecule has 1 aliphatic heterocycles. The number of amides is 1. The Labute approximate surface area is 271 Å². The van der Waals surface area contributed by atoms with Gasteiger partial charge in [-0.1, -0.05) is 60.7 Å². The molecule has 5 aromatic rings. The first-order valence-corrected chi connectivity index (χ1v) is 15.7. The highest BCUT2D eigenvalue weighted by Crippen LogP contribution is 2.35. The Morgan fingerprint density at radius 3 is 2.55 bits per heavy atom. The Bertz CT molecular complexity index is 1750. The van der Waals surface area contributed by atoms with Crippen molar-refractivity contribution in [3.8, 4) is 11.3 Å². The third-order valence-electron chi connectivity index (χ3n) is 8.55. The average Bonchev–Trinajstić information content (AvgIpc) is 3.82. The lowest BCUT2D eigenvalue weighted by Gasteiger charge is -2.24. The second-order valence-electron chi connectivity index (χ2n) is 11.9. The van der Waals surface area contributed by atoms with Crippen LogP contribution in [0.25, 0.3) is 22.4 Å². The number of ether oxygens (including phenoxy) is 1. The number of benzene rings is 2. The Kier molecular flexibility index (Phi) is 10.1. The molecule has 0 aliphatic carbocycles. The Hall–Kier alpha value is -4.73. The van der Waals surface area contributed by atoms with Crippen LogP contribution >= 0.6 is 0 Å². The quantitative estimate of drug-likeness (QED) is 0.0926. The predicted octanol–water partition coefficient (Wildman–Crippen LogP) is 1.64. The van der Waals surface area contributed by atoms with E-state index in [0.717, 1.165) is 16.8 Å². The van der Waals surface area contributed by atoms with Crippen molar-refractivity contribution in [2.24, 2.45) is 11.7 Å². The van der Waals surface area contributed by atoms with Gasteiger partial charge >= 0.3 is 0 Å². The lowest BCUT2D eigenvalue weighted by Crippen LogP contribution is -2.41. The van der Waals surface area contributed by atoms with Crippen molar-refractivity contribution in [3.05, 3.63) is 90.6 Å². The topological polar surface area (TPSA) is 215 Å². The molecule has 0 bridgehead atoms. The smallest absolute Gasteiger partial charge is 0.237 e. The molecule has 0 spiro atoms. The van der Waals surface area contributed by atoms with E-state index in [1.54, 1.807) is 4.57 Å². The number of nitrogens with zero attached hydrogens (tertiary/aromatic N) is 5. The van der Waals surface area contributed by atoms with Crippen LogP contribution in [0, 0.1) is 5.92 Å². The Morgan fingerprint density at radius 2 is 1.77 bits per heavy atom. The molecule has 1 amide bonds. The van der Waals surface area contributed by atoms with Gasteiger partial charge < -0.3 is 37.1 Å². The zero-order chi connectivity index (χ0) is 32.8. The zero-order valence-electron chi connectivity index (χ0n) is 25.8. The van der Waals surface area contributed by atoms with Crippen LogP contribution in [0.2, 0.25) is 0 Å². The average molecular weight is 641 g/mol. The highest BCUT2D eigenvalue weighted by molar-refractivity contribution is 5.81. The first-order valence-electron chi connectivity index (χ1n) is 15.7. The number of carbonyl (C=O) groups excluding carboxylic acids is 1. The number of aromatic amines is 1. The summed E-state index contributed by atoms with van der Waals surface area (Å²) in [6.07, 6.45) is 0.242. The number of nitrogen functional groups attached to an aromatic ring is 1. The second kappa shape index (κ2) is 14.8. The van der Waals surface area contributed by atoms with E-state index in [9.17, 15) is 15.0 Å². The SMILES string of the molecule is Nc1ncnc2c1ncn2[C@@H]1O[C@H](C[C@H](CC[C@H](N)C(=O)NCc2cc(-c3ccccc3)[nH]n2)CNCc2ccccc2)[C@H](O)C1O. The van der Waals surface area contributed by atoms with Gasteiger partial charge in [-0.25, -0.2) is 15.0 Å². The van der Waals surface area contributed by atoms with Crippen molar-refractivity contribution in [3.63, 3.8) is 0 Å². The molecule has 6 atom stereocenters. The molecule has 246 valence electrons. The normalized spacial score (nSPS) is 20.7. The number of hydrogen-bond acceptors (Lipinski definition) is 11. The first kappa shape index (κ1) is 32.2. The summed E-state index contributed by atoms with van der Waals surface area (Å²) in [5.41, 5.74) is 16.8. The summed E-state index contributed by atoms with van der Waals surface area (Å²) >= 11 is 0. The molecule has 0 radical (unpaired) electrons. The van der Waals surface area contributed by atoms with Crippen molar-refractivity contribution < 1.29 is 19.7 Å². The molecular formula is C33H40N10O4. The van der Waals surface area contributed by atoms with E-state index in [4.69, 9.17) is 16.2 Å². The summed E-state index contributed by atoms with van der Waals surface area (Å²) in [5, 5.41) is 35.7. The maximum Gasteiger partial charge on any atom is 0.237 e. The molecule has 47 heavy (non-hydrogen) atoms. The van der Waals surface area contributed by atoms with Gasteiger partial charge in [0.1, 0.15) is 24.1 Å². The lowest BCUT2D eigenvalue weighted by molar-refractivity contribution is -0.122. The fourth-order valence-corrected chi connectivity index (χ4v) is 5.93. The van der Waals surface area contributed by atoms with Crippen molar-refractivity contribution in [1.82, 2.24) is 40.3 Å². The molecule has 1 saturated heterocycles. The minimum atomic E-state index is -1.22. The molecule has 1 aliphatic rings. The number of fused-ring (bicyclic) bond motifs is 1. The molecule has 1 fully saturated rings. The number of carbonyl (C=O) groups is 1. The minimum Gasteiger partial charge on any atom is -0.388 e. The van der Waals surface area contributed by atoms with Gasteiger partial charge in [-0.3, -0.25) is 14.5 Å². The van der Waals surface area contributed by atoms with Gasteiger partial charge in [0.25, 0.3) is 0 Å². The van der Waals surface area contributed by atoms with E-state index in [1.165, 1.54) is 12.7 Å². The summed E-state index contributed by atoms with van der Waals surface area (Å²) < 4.78 is 7.78. The summed E-state index contributed by atoms with van der Waals surface area (Å²) in [6.45, 7) is 1.49. The van der Waals surface area contributed by atoms with Crippen molar-refractivity contribution in [2.45, 2.75) is 62.9 Å². The fraction of sp³-hybridized carbons (Fsp3) is 0.364. The monoisotopic (exact) mass is 640 g/mol. The Morgan fingerprint density at radius 1 is 1.00 bits per heavy atom. The maximum absolute atomic E-state index is 12.9. The third-order valence-corrected chi connectivity index (χ3v) is 8.55. The zero-order valence-corrected chi connectivity index (χ0v) is 25.8. The third kappa shape index (κ3) is 7.64. The number of nitrogens with one attached hydrogen (secondary N) is 3. The molecule has 14 heteroatoms. The number of aromatic nitrogens is 6. The summed E-state index contributed by atoms with van der Waals surface area (Å²) in [7, 11) is 0. The molecule has 1 unspecified atom stereocenters. The van der Waals surface area contributed by atoms with E-state index in [1.807, 2.05) is 66.7 Å². The standard InChI is InChI=1S/C33H40N10O4/c34-24(32(46)37-17-23-14-25(42-41-23)22-9-5-2-6-10-22)12-11-21(16-36-15-20-7-3-1-4-8-20)13-26-28(44)29(45)33(47-26)43-19-40-27-30(35)38-18-39-31(27)43/h1-10,14,18-19,21,24,26,28-29,33,36,44-45H,11-13,15-17,34H2,(H,37,46)(H,41,42)(H2,35,38,39)/t21-,24-,26+,28-,29?,33+/m0/s1. The predicted molar refractivity (Wildman–Crippen MR) is 175 cm³/mol. The van der Waals surface area contributed by atoms with Crippen LogP contribution in [-0.4, -0.2) is 76.7 Å². The van der Waals surface area contributed by atoms with Gasteiger partial charge in [-0.05, 0) is 48.9 Å². The van der Waals surface area contributed by atoms with E-state index in [-0.39, 0.29) is 24.2 Å². The molecule has 9 N–H and O–H groups in total. The first-order chi connectivity index (χ1) is 22.9. The van der Waals surface area contributed by atoms with Crippen LogP contribution in [-0.2, 0) is 22.6 Å². The highest BCUT2D eigenvalue weighted by atomic mass is 16.6. The van der Waals surface area contributed by atoms with E-state index in [0.29, 0.717) is 49.2 Å². The maximum atomic E-state index is 12.9. The number of anilines is 1. The van der Waals surface area contributed by atoms with Gasteiger partial charge in [0.15, 0.2) is 17.7 Å². The summed E-state index contributed by atoms with van der Waals surface area (Å²) in [6, 6.07) is 21.0. The van der Waals surface area contributed by atoms with Crippen molar-refractivity contribution >= 4 is 22.9 Å². The van der Waals surface area contributed by atoms with Gasteiger partial charge in [0.05, 0.1) is 36.4 Å². The number of rotatable bonds is 14. The number of hydrogen-bond donors (Lipinski definition) is 7. The van der Waals surface area contributed by atoms with Crippen molar-refractivity contribution in [1.29, 1.82) is 0 Å². The van der Waals surface area contributed by atoms with Crippen LogP contribution in [0.5, 0.6) is 0 Å². The fourth-order valence-electron chi connectivity index (χ4n) is 5.93. The molecule has 2 aromatic carbocycles. The molecule has 0 saturated carbocycles. The largest absolute Gasteiger partial charge is 0.388 e. The highest BCUT2D eigenvalue weighted by Gasteiger charge is 2.45. The van der Waals surface area contributed by atoms with Crippen LogP contribution in [0.4, 0.5) is 5.82 Å². The molecular weight excluding hydrogens is 600 g/mol. The number of imidazole rings is 1. The summed E-state index contributed by atoms with van der Waals surface area (Å²) in [4.78, 5) is 25.4. The molecule has 3 aromatic heterocycles. The number of nitrogens with two attached hydrogens (primary N) is 2. The number of aliphatic hydroxyl groups excluding tert-OH is 2. The van der Waals surface area contributed by atoms with E-state index in [2.05, 4.69) is 35.8 Å². The van der Waals surface area contributed by atoms with Gasteiger partial charge in [0, 0.05) is 6.54 Å². The molecule has 14 nitrogen and oxygen atoms in total. The van der Waals surface area contributed by atoms with Gasteiger partial charge in [0.2, 0.25) is 5.91 Å². The van der Waals surface area contributed by atoms with Crippen LogP contribution in [0.3, 0.4) is 0 Å². The lowest BCUT2D eigenvalue weighted by atomic mass is 9.91. The molecule has 4 heterocycles.